The predicted octanol–water partition coefficient (Wildman–Crippen LogP) is 3.11. The largest absolute Gasteiger partial charge is 0.353 e. The second-order valence-corrected chi connectivity index (χ2v) is 6.91. The lowest BCUT2D eigenvalue weighted by molar-refractivity contribution is 0.630. The lowest BCUT2D eigenvalue weighted by Crippen LogP contribution is -2.11. The van der Waals surface area contributed by atoms with E-state index in [1.54, 1.807) is 31.2 Å². The lowest BCUT2D eigenvalue weighted by Gasteiger charge is -2.08. The van der Waals surface area contributed by atoms with Crippen LogP contribution in [0.3, 0.4) is 0 Å². The van der Waals surface area contributed by atoms with Gasteiger partial charge in [0.25, 0.3) is 5.56 Å². The SMILES string of the molecule is Cc1c(-c2cccc(S(N)=O)c2)c2[nH]c3ccc(F)cc3c2[nH]c1=O. The van der Waals surface area contributed by atoms with E-state index in [2.05, 4.69) is 9.97 Å². The summed E-state index contributed by atoms with van der Waals surface area (Å²) in [4.78, 5) is 19.0. The molecule has 4 aromatic rings. The van der Waals surface area contributed by atoms with Crippen molar-refractivity contribution in [3.8, 4) is 11.1 Å². The zero-order valence-electron chi connectivity index (χ0n) is 13.2. The lowest BCUT2D eigenvalue weighted by atomic mass is 10.0. The van der Waals surface area contributed by atoms with Crippen molar-refractivity contribution in [2.75, 3.05) is 0 Å². The molecule has 2 aromatic heterocycles. The summed E-state index contributed by atoms with van der Waals surface area (Å²) in [5, 5.41) is 6.08. The van der Waals surface area contributed by atoms with Crippen LogP contribution in [0, 0.1) is 12.7 Å². The molecule has 2 aromatic carbocycles. The Balaban J connectivity index is 2.14. The molecule has 7 heteroatoms. The normalized spacial score (nSPS) is 12.8. The minimum Gasteiger partial charge on any atom is -0.353 e. The first kappa shape index (κ1) is 15.7. The van der Waals surface area contributed by atoms with Crippen LogP contribution in [0.1, 0.15) is 5.56 Å². The van der Waals surface area contributed by atoms with Gasteiger partial charge in [0.05, 0.1) is 15.9 Å². The monoisotopic (exact) mass is 355 g/mol. The molecule has 0 saturated heterocycles. The molecule has 5 nitrogen and oxygen atoms in total. The predicted molar refractivity (Wildman–Crippen MR) is 97.2 cm³/mol. The number of nitrogens with two attached hydrogens (primary N) is 1. The van der Waals surface area contributed by atoms with Gasteiger partial charge in [-0.25, -0.2) is 13.7 Å². The van der Waals surface area contributed by atoms with Crippen LogP contribution in [-0.2, 0) is 11.0 Å². The van der Waals surface area contributed by atoms with Crippen molar-refractivity contribution in [2.45, 2.75) is 11.8 Å². The van der Waals surface area contributed by atoms with Crippen molar-refractivity contribution in [3.05, 3.63) is 64.2 Å². The third-order valence-corrected chi connectivity index (χ3v) is 5.04. The number of hydrogen-bond donors (Lipinski definition) is 3. The molecule has 126 valence electrons. The van der Waals surface area contributed by atoms with Crippen LogP contribution >= 0.6 is 0 Å². The number of fused-ring (bicyclic) bond motifs is 3. The third-order valence-electron chi connectivity index (χ3n) is 4.32. The Hall–Kier alpha value is -2.77. The van der Waals surface area contributed by atoms with Gasteiger partial charge in [-0.05, 0) is 42.8 Å². The highest BCUT2D eigenvalue weighted by atomic mass is 32.2. The van der Waals surface area contributed by atoms with Crippen molar-refractivity contribution < 1.29 is 8.60 Å². The molecule has 1 unspecified atom stereocenters. The van der Waals surface area contributed by atoms with Gasteiger partial charge in [-0.15, -0.1) is 0 Å². The molecule has 0 spiro atoms. The smallest absolute Gasteiger partial charge is 0.252 e. The van der Waals surface area contributed by atoms with Crippen LogP contribution in [-0.4, -0.2) is 14.2 Å². The topological polar surface area (TPSA) is 91.7 Å². The maximum atomic E-state index is 13.6. The summed E-state index contributed by atoms with van der Waals surface area (Å²) in [7, 11) is -1.62. The average molecular weight is 355 g/mol. The van der Waals surface area contributed by atoms with E-state index in [0.717, 1.165) is 11.1 Å². The molecule has 0 aliphatic carbocycles. The number of rotatable bonds is 2. The summed E-state index contributed by atoms with van der Waals surface area (Å²) in [6, 6.07) is 11.3. The maximum Gasteiger partial charge on any atom is 0.252 e. The van der Waals surface area contributed by atoms with Crippen LogP contribution in [0.15, 0.2) is 52.2 Å². The molecule has 4 N–H and O–H groups in total. The van der Waals surface area contributed by atoms with E-state index in [0.29, 0.717) is 32.4 Å². The number of pyridine rings is 1. The molecule has 0 aliphatic heterocycles. The van der Waals surface area contributed by atoms with E-state index in [-0.39, 0.29) is 11.4 Å². The first-order valence-electron chi connectivity index (χ1n) is 7.56. The Morgan fingerprint density at radius 3 is 2.64 bits per heavy atom. The maximum absolute atomic E-state index is 13.6. The van der Waals surface area contributed by atoms with Crippen molar-refractivity contribution in [2.24, 2.45) is 5.14 Å². The molecule has 0 saturated carbocycles. The Bertz CT molecular complexity index is 1230. The molecule has 25 heavy (non-hydrogen) atoms. The fourth-order valence-corrected chi connectivity index (χ4v) is 3.58. The highest BCUT2D eigenvalue weighted by Crippen LogP contribution is 2.33. The molecule has 0 aliphatic rings. The first-order chi connectivity index (χ1) is 12.0. The highest BCUT2D eigenvalue weighted by molar-refractivity contribution is 7.82. The molecule has 4 rings (SSSR count). The first-order valence-corrected chi connectivity index (χ1v) is 8.77. The van der Waals surface area contributed by atoms with Crippen LogP contribution < -0.4 is 10.7 Å². The molecular weight excluding hydrogens is 341 g/mol. The van der Waals surface area contributed by atoms with E-state index in [4.69, 9.17) is 5.14 Å². The van der Waals surface area contributed by atoms with E-state index in [1.165, 1.54) is 12.1 Å². The fraction of sp³-hybridized carbons (Fsp3) is 0.0556. The number of benzene rings is 2. The molecule has 0 bridgehead atoms. The van der Waals surface area contributed by atoms with Gasteiger partial charge >= 0.3 is 0 Å². The quantitative estimate of drug-likeness (QED) is 0.515. The van der Waals surface area contributed by atoms with Gasteiger partial charge in [-0.1, -0.05) is 12.1 Å². The van der Waals surface area contributed by atoms with E-state index >= 15 is 0 Å². The zero-order valence-corrected chi connectivity index (χ0v) is 14.0. The van der Waals surface area contributed by atoms with Crippen molar-refractivity contribution in [1.29, 1.82) is 0 Å². The minimum absolute atomic E-state index is 0.257. The molecule has 0 fully saturated rings. The van der Waals surface area contributed by atoms with E-state index in [9.17, 15) is 13.4 Å². The summed E-state index contributed by atoms with van der Waals surface area (Å²) >= 11 is 0. The van der Waals surface area contributed by atoms with Crippen molar-refractivity contribution >= 4 is 32.9 Å². The van der Waals surface area contributed by atoms with Gasteiger partial charge in [0.2, 0.25) is 0 Å². The van der Waals surface area contributed by atoms with Crippen molar-refractivity contribution in [3.63, 3.8) is 0 Å². The standard InChI is InChI=1S/C18H14FN3O2S/c1-9-15(10-3-2-4-12(7-10)25(20)24)17-16(22-18(9)23)13-8-11(19)5-6-14(13)21-17/h2-8,21H,20H2,1H3,(H,22,23). The zero-order chi connectivity index (χ0) is 17.7. The molecule has 1 atom stereocenters. The van der Waals surface area contributed by atoms with E-state index in [1.807, 2.05) is 6.07 Å². The van der Waals surface area contributed by atoms with Crippen LogP contribution in [0.2, 0.25) is 0 Å². The number of nitrogens with one attached hydrogen (secondary N) is 2. The number of hydrogen-bond acceptors (Lipinski definition) is 2. The van der Waals surface area contributed by atoms with Gasteiger partial charge in [-0.2, -0.15) is 0 Å². The number of halogens is 1. The minimum atomic E-state index is -1.62. The van der Waals surface area contributed by atoms with Gasteiger partial charge in [0.15, 0.2) is 0 Å². The Kier molecular flexibility index (Phi) is 3.55. The summed E-state index contributed by atoms with van der Waals surface area (Å²) in [6.07, 6.45) is 0. The van der Waals surface area contributed by atoms with Gasteiger partial charge in [-0.3, -0.25) is 4.79 Å². The van der Waals surface area contributed by atoms with Gasteiger partial charge < -0.3 is 9.97 Å². The van der Waals surface area contributed by atoms with Crippen LogP contribution in [0.25, 0.3) is 33.1 Å². The number of H-pyrrole nitrogens is 2. The van der Waals surface area contributed by atoms with E-state index < -0.39 is 11.0 Å². The van der Waals surface area contributed by atoms with Crippen LogP contribution in [0.4, 0.5) is 4.39 Å². The molecule has 0 radical (unpaired) electrons. The van der Waals surface area contributed by atoms with Crippen LogP contribution in [0.5, 0.6) is 0 Å². The molecule has 0 amide bonds. The summed E-state index contributed by atoms with van der Waals surface area (Å²) in [6.45, 7) is 1.71. The van der Waals surface area contributed by atoms with Crippen molar-refractivity contribution in [1.82, 2.24) is 9.97 Å². The Labute approximate surface area is 144 Å². The molecule has 2 heterocycles. The van der Waals surface area contributed by atoms with Gasteiger partial charge in [0, 0.05) is 22.0 Å². The highest BCUT2D eigenvalue weighted by Gasteiger charge is 2.16. The second-order valence-electron chi connectivity index (χ2n) is 5.84. The Morgan fingerprint density at radius 2 is 1.88 bits per heavy atom. The third kappa shape index (κ3) is 2.48. The number of aromatic nitrogens is 2. The summed E-state index contributed by atoms with van der Waals surface area (Å²) < 4.78 is 25.2. The fourth-order valence-electron chi connectivity index (χ4n) is 3.13. The molecular formula is C18H14FN3O2S. The Morgan fingerprint density at radius 1 is 1.08 bits per heavy atom. The second kappa shape index (κ2) is 5.65. The number of aromatic amines is 2. The summed E-state index contributed by atoms with van der Waals surface area (Å²) in [5.74, 6) is -0.378. The average Bonchev–Trinajstić information content (AvgIpc) is 2.93. The summed E-state index contributed by atoms with van der Waals surface area (Å²) in [5.41, 5.74) is 3.61. The van der Waals surface area contributed by atoms with Gasteiger partial charge in [0.1, 0.15) is 16.8 Å².